The lowest BCUT2D eigenvalue weighted by Gasteiger charge is -2.44. The molecule has 2 aliphatic heterocycles. The van der Waals surface area contributed by atoms with E-state index in [0.29, 0.717) is 26.2 Å². The molecule has 1 aromatic rings. The summed E-state index contributed by atoms with van der Waals surface area (Å²) in [5, 5.41) is 2.96. The first-order chi connectivity index (χ1) is 13.0. The molecule has 3 N–H and O–H groups in total. The number of ether oxygens (including phenoxy) is 1. The number of amides is 2. The molecule has 1 fully saturated rings. The van der Waals surface area contributed by atoms with Crippen molar-refractivity contribution in [2.45, 2.75) is 64.0 Å². The summed E-state index contributed by atoms with van der Waals surface area (Å²) >= 11 is 1.56. The Balaban J connectivity index is 1.72. The van der Waals surface area contributed by atoms with Crippen molar-refractivity contribution >= 4 is 23.2 Å². The fourth-order valence-electron chi connectivity index (χ4n) is 3.99. The van der Waals surface area contributed by atoms with Crippen LogP contribution in [-0.2, 0) is 21.6 Å². The van der Waals surface area contributed by atoms with Crippen LogP contribution >= 0.6 is 11.3 Å². The third-order valence-electron chi connectivity index (χ3n) is 5.53. The van der Waals surface area contributed by atoms with E-state index in [4.69, 9.17) is 10.5 Å². The molecule has 1 saturated heterocycles. The zero-order chi connectivity index (χ0) is 19.4. The van der Waals surface area contributed by atoms with E-state index in [1.54, 1.807) is 11.3 Å². The molecule has 0 radical (unpaired) electrons. The Bertz CT molecular complexity index is 680. The molecule has 1 spiro atoms. The minimum Gasteiger partial charge on any atom is -0.369 e. The molecule has 6 nitrogen and oxygen atoms in total. The van der Waals surface area contributed by atoms with E-state index in [1.165, 1.54) is 10.4 Å². The second-order valence-corrected chi connectivity index (χ2v) is 8.59. The van der Waals surface area contributed by atoms with Gasteiger partial charge in [0.15, 0.2) is 0 Å². The van der Waals surface area contributed by atoms with Crippen molar-refractivity contribution in [2.24, 2.45) is 5.73 Å². The van der Waals surface area contributed by atoms with Crippen molar-refractivity contribution in [3.63, 3.8) is 0 Å². The van der Waals surface area contributed by atoms with Gasteiger partial charge in [-0.15, -0.1) is 11.3 Å². The van der Waals surface area contributed by atoms with Crippen LogP contribution < -0.4 is 11.1 Å². The summed E-state index contributed by atoms with van der Waals surface area (Å²) in [7, 11) is 0. The van der Waals surface area contributed by atoms with Gasteiger partial charge in [0.25, 0.3) is 5.91 Å². The summed E-state index contributed by atoms with van der Waals surface area (Å²) in [5.41, 5.74) is 6.89. The zero-order valence-corrected chi connectivity index (χ0v) is 17.2. The van der Waals surface area contributed by atoms with Crippen LogP contribution in [0.1, 0.15) is 66.1 Å². The lowest BCUT2D eigenvalue weighted by Crippen LogP contribution is -2.51. The largest absolute Gasteiger partial charge is 0.369 e. The maximum Gasteiger partial charge on any atom is 0.261 e. The predicted molar refractivity (Wildman–Crippen MR) is 107 cm³/mol. The Hall–Kier alpha value is -1.44. The van der Waals surface area contributed by atoms with Gasteiger partial charge in [0.05, 0.1) is 17.5 Å². The molecular formula is C20H31N3O3S. The smallest absolute Gasteiger partial charge is 0.261 e. The summed E-state index contributed by atoms with van der Waals surface area (Å²) in [4.78, 5) is 28.7. The highest BCUT2D eigenvalue weighted by Gasteiger charge is 2.43. The van der Waals surface area contributed by atoms with Crippen LogP contribution in [0.2, 0.25) is 0 Å². The SMILES string of the molecule is CCCNC(=O)c1cc2c(s1)C1(CCN(C(=O)[C@@H](N)CCC)CC1)OCC2. The van der Waals surface area contributed by atoms with E-state index in [1.807, 2.05) is 24.8 Å². The minimum atomic E-state index is -0.400. The van der Waals surface area contributed by atoms with E-state index >= 15 is 0 Å². The first-order valence-electron chi connectivity index (χ1n) is 10.1. The average Bonchev–Trinajstić information content (AvgIpc) is 3.12. The van der Waals surface area contributed by atoms with Gasteiger partial charge in [-0.2, -0.15) is 0 Å². The molecule has 0 saturated carbocycles. The van der Waals surface area contributed by atoms with Crippen molar-refractivity contribution in [1.29, 1.82) is 0 Å². The maximum atomic E-state index is 12.5. The highest BCUT2D eigenvalue weighted by Crippen LogP contribution is 2.45. The van der Waals surface area contributed by atoms with Crippen LogP contribution in [-0.4, -0.2) is 49.0 Å². The quantitative estimate of drug-likeness (QED) is 0.777. The minimum absolute atomic E-state index is 0.00422. The first kappa shape index (κ1) is 20.3. The lowest BCUT2D eigenvalue weighted by molar-refractivity contribution is -0.141. The van der Waals surface area contributed by atoms with Crippen LogP contribution in [0.5, 0.6) is 0 Å². The van der Waals surface area contributed by atoms with Crippen molar-refractivity contribution in [3.8, 4) is 0 Å². The average molecular weight is 394 g/mol. The second kappa shape index (κ2) is 8.71. The Kier molecular flexibility index (Phi) is 6.55. The van der Waals surface area contributed by atoms with Crippen LogP contribution in [0.3, 0.4) is 0 Å². The number of rotatable bonds is 6. The van der Waals surface area contributed by atoms with E-state index in [2.05, 4.69) is 5.32 Å². The molecule has 3 heterocycles. The number of piperidine rings is 1. The van der Waals surface area contributed by atoms with Gasteiger partial charge in [0.2, 0.25) is 5.91 Å². The predicted octanol–water partition coefficient (Wildman–Crippen LogP) is 2.41. The van der Waals surface area contributed by atoms with Crippen LogP contribution in [0.25, 0.3) is 0 Å². The molecule has 0 bridgehead atoms. The first-order valence-corrected chi connectivity index (χ1v) is 10.9. The lowest BCUT2D eigenvalue weighted by atomic mass is 9.85. The van der Waals surface area contributed by atoms with Gasteiger partial charge < -0.3 is 20.7 Å². The van der Waals surface area contributed by atoms with Crippen molar-refractivity contribution in [2.75, 3.05) is 26.2 Å². The van der Waals surface area contributed by atoms with Crippen LogP contribution in [0.15, 0.2) is 6.07 Å². The number of carbonyl (C=O) groups excluding carboxylic acids is 2. The molecule has 2 amide bonds. The molecule has 7 heteroatoms. The second-order valence-electron chi connectivity index (χ2n) is 7.53. The summed E-state index contributed by atoms with van der Waals surface area (Å²) < 4.78 is 6.25. The molecule has 0 unspecified atom stereocenters. The van der Waals surface area contributed by atoms with Gasteiger partial charge in [-0.05, 0) is 43.7 Å². The summed E-state index contributed by atoms with van der Waals surface area (Å²) in [6.07, 6.45) is 4.94. The molecule has 1 aromatic heterocycles. The van der Waals surface area contributed by atoms with Gasteiger partial charge in [0.1, 0.15) is 5.60 Å². The number of fused-ring (bicyclic) bond motifs is 2. The highest BCUT2D eigenvalue weighted by molar-refractivity contribution is 7.14. The number of hydrogen-bond acceptors (Lipinski definition) is 5. The van der Waals surface area contributed by atoms with E-state index in [0.717, 1.165) is 43.4 Å². The molecule has 150 valence electrons. The third kappa shape index (κ3) is 4.20. The van der Waals surface area contributed by atoms with Crippen molar-refractivity contribution in [3.05, 3.63) is 21.4 Å². The number of nitrogens with two attached hydrogens (primary N) is 1. The van der Waals surface area contributed by atoms with Gasteiger partial charge in [-0.1, -0.05) is 20.3 Å². The number of carbonyl (C=O) groups is 2. The van der Waals surface area contributed by atoms with Crippen molar-refractivity contribution < 1.29 is 14.3 Å². The molecule has 0 aliphatic carbocycles. The third-order valence-corrected chi connectivity index (χ3v) is 6.89. The molecule has 27 heavy (non-hydrogen) atoms. The molecule has 0 aromatic carbocycles. The van der Waals surface area contributed by atoms with Gasteiger partial charge in [-0.3, -0.25) is 9.59 Å². The number of likely N-dealkylation sites (tertiary alicyclic amines) is 1. The van der Waals surface area contributed by atoms with Gasteiger partial charge in [-0.25, -0.2) is 0 Å². The van der Waals surface area contributed by atoms with Gasteiger partial charge >= 0.3 is 0 Å². The topological polar surface area (TPSA) is 84.7 Å². The van der Waals surface area contributed by atoms with E-state index in [-0.39, 0.29) is 17.4 Å². The Labute approximate surface area is 165 Å². The summed E-state index contributed by atoms with van der Waals surface area (Å²) in [6, 6.07) is 1.63. The van der Waals surface area contributed by atoms with Gasteiger partial charge in [0, 0.05) is 24.5 Å². The van der Waals surface area contributed by atoms with E-state index in [9.17, 15) is 9.59 Å². The zero-order valence-electron chi connectivity index (χ0n) is 16.4. The Morgan fingerprint density at radius 1 is 1.33 bits per heavy atom. The highest BCUT2D eigenvalue weighted by atomic mass is 32.1. The number of nitrogens with zero attached hydrogens (tertiary/aromatic N) is 1. The molecular weight excluding hydrogens is 362 g/mol. The number of hydrogen-bond donors (Lipinski definition) is 2. The fraction of sp³-hybridized carbons (Fsp3) is 0.700. The Morgan fingerprint density at radius 2 is 2.07 bits per heavy atom. The maximum absolute atomic E-state index is 12.5. The normalized spacial score (nSPS) is 19.6. The van der Waals surface area contributed by atoms with Crippen LogP contribution in [0.4, 0.5) is 0 Å². The Morgan fingerprint density at radius 3 is 2.74 bits per heavy atom. The molecule has 2 aliphatic rings. The molecule has 1 atom stereocenters. The molecule has 3 rings (SSSR count). The number of thiophene rings is 1. The van der Waals surface area contributed by atoms with Crippen molar-refractivity contribution in [1.82, 2.24) is 10.2 Å². The summed E-state index contributed by atoms with van der Waals surface area (Å²) in [6.45, 7) is 6.77. The standard InChI is InChI=1S/C20H31N3O3S/c1-3-5-15(21)19(25)23-10-7-20(8-11-23)17-14(6-12-26-20)13-16(27-17)18(24)22-9-4-2/h13,15H,3-12,21H2,1-2H3,(H,22,24)/t15-/m0/s1. The van der Waals surface area contributed by atoms with Crippen LogP contribution in [0, 0.1) is 0 Å². The van der Waals surface area contributed by atoms with E-state index < -0.39 is 6.04 Å². The summed E-state index contributed by atoms with van der Waals surface area (Å²) in [5.74, 6) is 0.0538. The fourth-order valence-corrected chi connectivity index (χ4v) is 5.32. The number of nitrogens with one attached hydrogen (secondary N) is 1. The monoisotopic (exact) mass is 393 g/mol.